The number of carboxylic acids is 1. The van der Waals surface area contributed by atoms with Gasteiger partial charge in [-0.1, -0.05) is 0 Å². The fourth-order valence-corrected chi connectivity index (χ4v) is 3.66. The fraction of sp³-hybridized carbons (Fsp3) is 0.111. The predicted molar refractivity (Wildman–Crippen MR) is 139 cm³/mol. The van der Waals surface area contributed by atoms with E-state index in [1.54, 1.807) is 37.3 Å². The standard InChI is InChI=1S/C27H21BrN2O7/c1-3-36-23-14-16(12-19(15-29)25(31)30-20-8-4-17(5-9-20)26(32)33)13-22(28)24(23)37-27(34)18-6-10-21(35-2)11-7-18/h4-14H,3H2,1-2H3,(H,30,31)(H,32,33)/b19-12+. The number of carboxylic acid groups (broad SMARTS) is 1. The van der Waals surface area contributed by atoms with Gasteiger partial charge in [-0.3, -0.25) is 4.79 Å². The summed E-state index contributed by atoms with van der Waals surface area (Å²) in [6.45, 7) is 2.03. The number of benzene rings is 3. The Kier molecular flexibility index (Phi) is 9.02. The van der Waals surface area contributed by atoms with Crippen molar-refractivity contribution < 1.29 is 33.7 Å². The first kappa shape index (κ1) is 27.0. The number of esters is 1. The molecule has 0 radical (unpaired) electrons. The maximum atomic E-state index is 12.7. The van der Waals surface area contributed by atoms with Crippen LogP contribution in [0.4, 0.5) is 5.69 Å². The molecule has 3 aromatic carbocycles. The second kappa shape index (κ2) is 12.4. The molecule has 0 spiro atoms. The summed E-state index contributed by atoms with van der Waals surface area (Å²) in [6, 6.07) is 16.9. The van der Waals surface area contributed by atoms with Gasteiger partial charge in [0, 0.05) is 5.69 Å². The smallest absolute Gasteiger partial charge is 0.343 e. The van der Waals surface area contributed by atoms with Crippen LogP contribution in [0.25, 0.3) is 6.08 Å². The minimum absolute atomic E-state index is 0.0649. The van der Waals surface area contributed by atoms with E-state index >= 15 is 0 Å². The molecule has 37 heavy (non-hydrogen) atoms. The molecule has 0 saturated carbocycles. The zero-order valence-corrected chi connectivity index (χ0v) is 21.4. The van der Waals surface area contributed by atoms with E-state index in [1.165, 1.54) is 43.5 Å². The number of hydrogen-bond acceptors (Lipinski definition) is 7. The van der Waals surface area contributed by atoms with Gasteiger partial charge in [-0.2, -0.15) is 5.26 Å². The molecule has 3 aromatic rings. The summed E-state index contributed by atoms with van der Waals surface area (Å²) < 4.78 is 16.7. The van der Waals surface area contributed by atoms with Gasteiger partial charge in [0.15, 0.2) is 11.5 Å². The van der Waals surface area contributed by atoms with Gasteiger partial charge < -0.3 is 24.6 Å². The zero-order chi connectivity index (χ0) is 26.9. The molecule has 0 aliphatic carbocycles. The third-order valence-corrected chi connectivity index (χ3v) is 5.51. The molecule has 0 fully saturated rings. The Bertz CT molecular complexity index is 1390. The number of rotatable bonds is 9. The molecule has 0 saturated heterocycles. The predicted octanol–water partition coefficient (Wildman–Crippen LogP) is 5.32. The molecule has 0 aliphatic rings. The van der Waals surface area contributed by atoms with E-state index < -0.39 is 17.8 Å². The van der Waals surface area contributed by atoms with Gasteiger partial charge in [-0.25, -0.2) is 9.59 Å². The molecule has 0 aromatic heterocycles. The zero-order valence-electron chi connectivity index (χ0n) is 19.8. The second-order valence-electron chi connectivity index (χ2n) is 7.39. The van der Waals surface area contributed by atoms with Crippen molar-refractivity contribution in [2.24, 2.45) is 0 Å². The molecule has 1 amide bonds. The number of aromatic carboxylic acids is 1. The molecular formula is C27H21BrN2O7. The molecule has 0 heterocycles. The first-order chi connectivity index (χ1) is 17.7. The Balaban J connectivity index is 1.85. The Hall–Kier alpha value is -4.62. The number of ether oxygens (including phenoxy) is 3. The van der Waals surface area contributed by atoms with Crippen LogP contribution in [0.1, 0.15) is 33.2 Å². The summed E-state index contributed by atoms with van der Waals surface area (Å²) in [6.07, 6.45) is 1.35. The number of methoxy groups -OCH3 is 1. The van der Waals surface area contributed by atoms with Crippen molar-refractivity contribution in [2.45, 2.75) is 6.92 Å². The number of anilines is 1. The third kappa shape index (κ3) is 6.96. The molecule has 0 bridgehead atoms. The number of halogens is 1. The Morgan fingerprint density at radius 2 is 1.70 bits per heavy atom. The SMILES string of the molecule is CCOc1cc(/C=C(\C#N)C(=O)Nc2ccc(C(=O)O)cc2)cc(Br)c1OC(=O)c1ccc(OC)cc1. The van der Waals surface area contributed by atoms with Crippen molar-refractivity contribution >= 4 is 45.5 Å². The maximum Gasteiger partial charge on any atom is 0.343 e. The topological polar surface area (TPSA) is 135 Å². The van der Waals surface area contributed by atoms with Crippen molar-refractivity contribution in [3.05, 3.63) is 87.4 Å². The highest BCUT2D eigenvalue weighted by molar-refractivity contribution is 9.10. The lowest BCUT2D eigenvalue weighted by Crippen LogP contribution is -2.13. The lowest BCUT2D eigenvalue weighted by atomic mass is 10.1. The highest BCUT2D eigenvalue weighted by Crippen LogP contribution is 2.38. The molecule has 0 atom stereocenters. The number of nitriles is 1. The lowest BCUT2D eigenvalue weighted by molar-refractivity contribution is -0.112. The normalized spacial score (nSPS) is 10.7. The number of carbonyl (C=O) groups is 3. The molecule has 10 heteroatoms. The summed E-state index contributed by atoms with van der Waals surface area (Å²) in [7, 11) is 1.52. The number of carbonyl (C=O) groups excluding carboxylic acids is 2. The largest absolute Gasteiger partial charge is 0.497 e. The van der Waals surface area contributed by atoms with Crippen molar-refractivity contribution in [3.8, 4) is 23.3 Å². The monoisotopic (exact) mass is 564 g/mol. The number of nitrogens with zero attached hydrogens (tertiary/aromatic N) is 1. The summed E-state index contributed by atoms with van der Waals surface area (Å²) >= 11 is 3.38. The molecule has 3 rings (SSSR count). The molecular weight excluding hydrogens is 544 g/mol. The number of hydrogen-bond donors (Lipinski definition) is 2. The van der Waals surface area contributed by atoms with E-state index in [-0.39, 0.29) is 29.2 Å². The molecule has 188 valence electrons. The van der Waals surface area contributed by atoms with E-state index in [0.717, 1.165) is 0 Å². The summed E-state index contributed by atoms with van der Waals surface area (Å²) in [5.41, 5.74) is 0.925. The lowest BCUT2D eigenvalue weighted by Gasteiger charge is -2.14. The van der Waals surface area contributed by atoms with Crippen molar-refractivity contribution in [2.75, 3.05) is 19.0 Å². The second-order valence-corrected chi connectivity index (χ2v) is 8.24. The maximum absolute atomic E-state index is 12.7. The average molecular weight is 565 g/mol. The summed E-state index contributed by atoms with van der Waals surface area (Å²) in [4.78, 5) is 36.3. The molecule has 9 nitrogen and oxygen atoms in total. The number of amides is 1. The van der Waals surface area contributed by atoms with Gasteiger partial charge in [-0.05, 0) is 95.2 Å². The van der Waals surface area contributed by atoms with E-state index in [4.69, 9.17) is 19.3 Å². The van der Waals surface area contributed by atoms with E-state index in [0.29, 0.717) is 27.0 Å². The van der Waals surface area contributed by atoms with Crippen LogP contribution in [-0.4, -0.2) is 36.7 Å². The van der Waals surface area contributed by atoms with Crippen molar-refractivity contribution in [3.63, 3.8) is 0 Å². The van der Waals surface area contributed by atoms with Gasteiger partial charge in [0.1, 0.15) is 17.4 Å². The van der Waals surface area contributed by atoms with Gasteiger partial charge in [0.2, 0.25) is 0 Å². The fourth-order valence-electron chi connectivity index (χ4n) is 3.12. The quantitative estimate of drug-likeness (QED) is 0.154. The molecule has 0 aliphatic heterocycles. The van der Waals surface area contributed by atoms with Crippen LogP contribution >= 0.6 is 15.9 Å². The van der Waals surface area contributed by atoms with E-state index in [9.17, 15) is 19.6 Å². The first-order valence-corrected chi connectivity index (χ1v) is 11.6. The van der Waals surface area contributed by atoms with Crippen LogP contribution in [0.5, 0.6) is 17.2 Å². The van der Waals surface area contributed by atoms with Crippen molar-refractivity contribution in [1.29, 1.82) is 5.26 Å². The average Bonchev–Trinajstić information content (AvgIpc) is 2.89. The van der Waals surface area contributed by atoms with E-state index in [2.05, 4.69) is 21.2 Å². The minimum Gasteiger partial charge on any atom is -0.497 e. The summed E-state index contributed by atoms with van der Waals surface area (Å²) in [5, 5.41) is 21.1. The van der Waals surface area contributed by atoms with Gasteiger partial charge in [0.25, 0.3) is 5.91 Å². The van der Waals surface area contributed by atoms with E-state index in [1.807, 2.05) is 6.07 Å². The van der Waals surface area contributed by atoms with Crippen LogP contribution in [0, 0.1) is 11.3 Å². The van der Waals surface area contributed by atoms with Gasteiger partial charge in [-0.15, -0.1) is 0 Å². The summed E-state index contributed by atoms with van der Waals surface area (Å²) in [5.74, 6) is -1.43. The van der Waals surface area contributed by atoms with Gasteiger partial charge >= 0.3 is 11.9 Å². The minimum atomic E-state index is -1.09. The molecule has 0 unspecified atom stereocenters. The van der Waals surface area contributed by atoms with Crippen LogP contribution in [-0.2, 0) is 4.79 Å². The van der Waals surface area contributed by atoms with Crippen LogP contribution in [0.3, 0.4) is 0 Å². The Morgan fingerprint density at radius 3 is 2.27 bits per heavy atom. The number of nitrogens with one attached hydrogen (secondary N) is 1. The molecule has 2 N–H and O–H groups in total. The van der Waals surface area contributed by atoms with Crippen LogP contribution in [0.15, 0.2) is 70.7 Å². The van der Waals surface area contributed by atoms with Crippen molar-refractivity contribution in [1.82, 2.24) is 0 Å². The Morgan fingerprint density at radius 1 is 1.05 bits per heavy atom. The van der Waals surface area contributed by atoms with Crippen LogP contribution in [0.2, 0.25) is 0 Å². The third-order valence-electron chi connectivity index (χ3n) is 4.92. The highest BCUT2D eigenvalue weighted by atomic mass is 79.9. The Labute approximate surface area is 221 Å². The van der Waals surface area contributed by atoms with Crippen LogP contribution < -0.4 is 19.5 Å². The highest BCUT2D eigenvalue weighted by Gasteiger charge is 2.18. The first-order valence-electron chi connectivity index (χ1n) is 10.8. The van der Waals surface area contributed by atoms with Gasteiger partial charge in [0.05, 0.1) is 29.3 Å².